The van der Waals surface area contributed by atoms with Crippen LogP contribution in [-0.4, -0.2) is 26.8 Å². The van der Waals surface area contributed by atoms with Gasteiger partial charge in [0.2, 0.25) is 0 Å². The van der Waals surface area contributed by atoms with Gasteiger partial charge in [0, 0.05) is 18.5 Å². The minimum absolute atomic E-state index is 0.596. The molecule has 88 valence electrons. The summed E-state index contributed by atoms with van der Waals surface area (Å²) in [5.41, 5.74) is 0. The van der Waals surface area contributed by atoms with Gasteiger partial charge in [-0.15, -0.1) is 0 Å². The Morgan fingerprint density at radius 2 is 2.38 bits per heavy atom. The molecule has 0 aliphatic carbocycles. The Bertz CT molecular complexity index is 351. The van der Waals surface area contributed by atoms with E-state index in [0.717, 1.165) is 31.2 Å². The van der Waals surface area contributed by atoms with E-state index in [1.165, 1.54) is 6.42 Å². The molecule has 3 nitrogen and oxygen atoms in total. The smallest absolute Gasteiger partial charge is 0.138 e. The highest BCUT2D eigenvalue weighted by molar-refractivity contribution is 6.32. The fourth-order valence-corrected chi connectivity index (χ4v) is 2.02. The van der Waals surface area contributed by atoms with Crippen LogP contribution in [0, 0.1) is 5.92 Å². The summed E-state index contributed by atoms with van der Waals surface area (Å²) in [4.78, 5) is 0. The first-order chi connectivity index (χ1) is 7.79. The fourth-order valence-electron chi connectivity index (χ4n) is 1.79. The van der Waals surface area contributed by atoms with Crippen molar-refractivity contribution >= 4 is 11.6 Å². The highest BCUT2D eigenvalue weighted by Crippen LogP contribution is 2.29. The molecule has 16 heavy (non-hydrogen) atoms. The first-order valence-electron chi connectivity index (χ1n) is 5.46. The van der Waals surface area contributed by atoms with Gasteiger partial charge in [-0.1, -0.05) is 11.6 Å². The van der Waals surface area contributed by atoms with Crippen LogP contribution in [0.2, 0.25) is 5.02 Å². The summed E-state index contributed by atoms with van der Waals surface area (Å²) in [6.07, 6.45) is 1.17. The number of hydrogen-bond acceptors (Lipinski definition) is 3. The average molecular weight is 242 g/mol. The summed E-state index contributed by atoms with van der Waals surface area (Å²) < 4.78 is 10.8. The fraction of sp³-hybridized carbons (Fsp3) is 0.500. The van der Waals surface area contributed by atoms with Gasteiger partial charge in [0.1, 0.15) is 11.5 Å². The molecule has 1 fully saturated rings. The molecule has 0 saturated carbocycles. The van der Waals surface area contributed by atoms with Gasteiger partial charge in [0.05, 0.1) is 18.7 Å². The molecule has 1 aliphatic rings. The number of halogens is 1. The molecule has 0 aromatic heterocycles. The Kier molecular flexibility index (Phi) is 3.91. The Labute approximate surface area is 101 Å². The summed E-state index contributed by atoms with van der Waals surface area (Å²) >= 11 is 6.07. The second-order valence-corrected chi connectivity index (χ2v) is 4.37. The van der Waals surface area contributed by atoms with Crippen LogP contribution in [0.3, 0.4) is 0 Å². The van der Waals surface area contributed by atoms with Gasteiger partial charge in [0.15, 0.2) is 0 Å². The van der Waals surface area contributed by atoms with Crippen molar-refractivity contribution in [3.8, 4) is 11.5 Å². The van der Waals surface area contributed by atoms with Gasteiger partial charge >= 0.3 is 0 Å². The predicted octanol–water partition coefficient (Wildman–Crippen LogP) is 2.34. The van der Waals surface area contributed by atoms with E-state index in [-0.39, 0.29) is 0 Å². The van der Waals surface area contributed by atoms with E-state index in [0.29, 0.717) is 10.9 Å². The van der Waals surface area contributed by atoms with Crippen molar-refractivity contribution in [2.45, 2.75) is 6.42 Å². The summed E-state index contributed by atoms with van der Waals surface area (Å²) in [7, 11) is 1.62. The third kappa shape index (κ3) is 2.80. The standard InChI is InChI=1S/C12H16ClNO2/c1-15-10-2-3-12(11(13)6-10)16-8-9-4-5-14-7-9/h2-3,6,9,14H,4-5,7-8H2,1H3/t9-/m0/s1. The Morgan fingerprint density at radius 1 is 1.50 bits per heavy atom. The molecule has 0 unspecified atom stereocenters. The van der Waals surface area contributed by atoms with Crippen LogP contribution in [0.4, 0.5) is 0 Å². The Hall–Kier alpha value is -0.930. The number of benzene rings is 1. The molecule has 4 heteroatoms. The van der Waals surface area contributed by atoms with E-state index >= 15 is 0 Å². The molecule has 1 aromatic rings. The van der Waals surface area contributed by atoms with Crippen LogP contribution < -0.4 is 14.8 Å². The Balaban J connectivity index is 1.93. The van der Waals surface area contributed by atoms with Crippen LogP contribution in [-0.2, 0) is 0 Å². The van der Waals surface area contributed by atoms with E-state index in [4.69, 9.17) is 21.1 Å². The number of hydrogen-bond donors (Lipinski definition) is 1. The molecule has 1 aliphatic heterocycles. The van der Waals surface area contributed by atoms with Crippen molar-refractivity contribution in [1.29, 1.82) is 0 Å². The quantitative estimate of drug-likeness (QED) is 0.878. The van der Waals surface area contributed by atoms with Crippen molar-refractivity contribution in [1.82, 2.24) is 5.32 Å². The van der Waals surface area contributed by atoms with Crippen LogP contribution in [0.15, 0.2) is 18.2 Å². The summed E-state index contributed by atoms with van der Waals surface area (Å²) in [5.74, 6) is 2.08. The first kappa shape index (κ1) is 11.6. The maximum atomic E-state index is 6.07. The second-order valence-electron chi connectivity index (χ2n) is 3.97. The molecule has 0 radical (unpaired) electrons. The Morgan fingerprint density at radius 3 is 3.00 bits per heavy atom. The van der Waals surface area contributed by atoms with E-state index in [1.54, 1.807) is 13.2 Å². The van der Waals surface area contributed by atoms with Crippen molar-refractivity contribution in [2.24, 2.45) is 5.92 Å². The number of methoxy groups -OCH3 is 1. The van der Waals surface area contributed by atoms with Gasteiger partial charge in [0.25, 0.3) is 0 Å². The summed E-state index contributed by atoms with van der Waals surface area (Å²) in [5, 5.41) is 3.91. The third-order valence-corrected chi connectivity index (χ3v) is 3.07. The normalized spacial score (nSPS) is 19.8. The first-order valence-corrected chi connectivity index (χ1v) is 5.84. The summed E-state index contributed by atoms with van der Waals surface area (Å²) in [6.45, 7) is 2.84. The van der Waals surface area contributed by atoms with Crippen LogP contribution in [0.25, 0.3) is 0 Å². The van der Waals surface area contributed by atoms with Gasteiger partial charge in [-0.2, -0.15) is 0 Å². The zero-order valence-corrected chi connectivity index (χ0v) is 10.1. The SMILES string of the molecule is COc1ccc(OC[C@H]2CCNC2)c(Cl)c1. The van der Waals surface area contributed by atoms with Gasteiger partial charge in [-0.25, -0.2) is 0 Å². The van der Waals surface area contributed by atoms with Crippen LogP contribution in [0.1, 0.15) is 6.42 Å². The lowest BCUT2D eigenvalue weighted by Gasteiger charge is -2.12. The van der Waals surface area contributed by atoms with Crippen molar-refractivity contribution in [3.63, 3.8) is 0 Å². The number of rotatable bonds is 4. The zero-order chi connectivity index (χ0) is 11.4. The molecule has 2 rings (SSSR count). The second kappa shape index (κ2) is 5.41. The number of nitrogens with one attached hydrogen (secondary N) is 1. The zero-order valence-electron chi connectivity index (χ0n) is 9.33. The molecule has 0 bridgehead atoms. The molecule has 1 saturated heterocycles. The highest BCUT2D eigenvalue weighted by atomic mass is 35.5. The largest absolute Gasteiger partial charge is 0.497 e. The molecule has 1 atom stereocenters. The lowest BCUT2D eigenvalue weighted by Crippen LogP contribution is -2.15. The molecular weight excluding hydrogens is 226 g/mol. The topological polar surface area (TPSA) is 30.5 Å². The monoisotopic (exact) mass is 241 g/mol. The summed E-state index contributed by atoms with van der Waals surface area (Å²) in [6, 6.07) is 5.47. The van der Waals surface area contributed by atoms with Crippen molar-refractivity contribution < 1.29 is 9.47 Å². The molecule has 1 heterocycles. The number of ether oxygens (including phenoxy) is 2. The van der Waals surface area contributed by atoms with E-state index in [2.05, 4.69) is 5.32 Å². The van der Waals surface area contributed by atoms with Crippen LogP contribution >= 0.6 is 11.6 Å². The maximum absolute atomic E-state index is 6.07. The van der Waals surface area contributed by atoms with Gasteiger partial charge < -0.3 is 14.8 Å². The maximum Gasteiger partial charge on any atom is 0.138 e. The molecule has 0 amide bonds. The molecule has 0 spiro atoms. The van der Waals surface area contributed by atoms with Gasteiger partial charge in [-0.3, -0.25) is 0 Å². The van der Waals surface area contributed by atoms with Crippen LogP contribution in [0.5, 0.6) is 11.5 Å². The van der Waals surface area contributed by atoms with E-state index in [1.807, 2.05) is 12.1 Å². The van der Waals surface area contributed by atoms with E-state index < -0.39 is 0 Å². The minimum Gasteiger partial charge on any atom is -0.497 e. The average Bonchev–Trinajstić information content (AvgIpc) is 2.80. The molecule has 1 N–H and O–H groups in total. The lowest BCUT2D eigenvalue weighted by atomic mass is 10.1. The third-order valence-electron chi connectivity index (χ3n) is 2.78. The predicted molar refractivity (Wildman–Crippen MR) is 64.5 cm³/mol. The molecule has 1 aromatic carbocycles. The van der Waals surface area contributed by atoms with E-state index in [9.17, 15) is 0 Å². The molecular formula is C12H16ClNO2. The van der Waals surface area contributed by atoms with Crippen molar-refractivity contribution in [3.05, 3.63) is 23.2 Å². The van der Waals surface area contributed by atoms with Gasteiger partial charge in [-0.05, 0) is 25.1 Å². The lowest BCUT2D eigenvalue weighted by molar-refractivity contribution is 0.260. The minimum atomic E-state index is 0.596. The van der Waals surface area contributed by atoms with Crippen molar-refractivity contribution in [2.75, 3.05) is 26.8 Å². The highest BCUT2D eigenvalue weighted by Gasteiger charge is 2.15.